The van der Waals surface area contributed by atoms with Crippen LogP contribution in [0.2, 0.25) is 0 Å². The zero-order chi connectivity index (χ0) is 15.5. The molecule has 2 atom stereocenters. The molecule has 124 valence electrons. The first kappa shape index (κ1) is 17.3. The predicted molar refractivity (Wildman–Crippen MR) is 92.6 cm³/mol. The molecule has 0 aromatic carbocycles. The molecule has 0 radical (unpaired) electrons. The van der Waals surface area contributed by atoms with Gasteiger partial charge in [0.25, 0.3) is 0 Å². The van der Waals surface area contributed by atoms with E-state index >= 15 is 0 Å². The van der Waals surface area contributed by atoms with E-state index in [4.69, 9.17) is 0 Å². The smallest absolute Gasteiger partial charge is 0.0274 e. The van der Waals surface area contributed by atoms with Gasteiger partial charge in [0, 0.05) is 12.1 Å². The Morgan fingerprint density at radius 3 is 2.38 bits per heavy atom. The van der Waals surface area contributed by atoms with Crippen molar-refractivity contribution in [3.8, 4) is 0 Å². The Morgan fingerprint density at radius 2 is 1.81 bits per heavy atom. The summed E-state index contributed by atoms with van der Waals surface area (Å²) in [6, 6.07) is 1.45. The van der Waals surface area contributed by atoms with Gasteiger partial charge >= 0.3 is 0 Å². The molecule has 1 N–H and O–H groups in total. The van der Waals surface area contributed by atoms with Gasteiger partial charge in [-0.3, -0.25) is 4.90 Å². The van der Waals surface area contributed by atoms with Crippen molar-refractivity contribution in [1.82, 2.24) is 10.2 Å². The lowest BCUT2D eigenvalue weighted by atomic mass is 9.69. The maximum atomic E-state index is 3.90. The van der Waals surface area contributed by atoms with E-state index in [1.807, 2.05) is 0 Å². The standard InChI is InChI=1S/C19H38N2/c1-6-12-20-18-17(8-7-11-19(18,4)5)21-13-9-16(10-14-21)15(2)3/h15-18,20H,6-14H2,1-5H3. The molecule has 1 saturated heterocycles. The predicted octanol–water partition coefficient (Wildman–Crippen LogP) is 4.30. The van der Waals surface area contributed by atoms with Crippen molar-refractivity contribution in [2.45, 2.75) is 85.2 Å². The number of piperidine rings is 1. The van der Waals surface area contributed by atoms with Crippen LogP contribution in [0.1, 0.15) is 73.1 Å². The molecule has 1 aliphatic heterocycles. The van der Waals surface area contributed by atoms with Crippen molar-refractivity contribution in [1.29, 1.82) is 0 Å². The number of rotatable bonds is 5. The van der Waals surface area contributed by atoms with Crippen LogP contribution in [0.4, 0.5) is 0 Å². The second-order valence-electron chi connectivity index (χ2n) is 8.50. The van der Waals surface area contributed by atoms with Crippen LogP contribution >= 0.6 is 0 Å². The highest BCUT2D eigenvalue weighted by Gasteiger charge is 2.41. The van der Waals surface area contributed by atoms with E-state index in [1.165, 1.54) is 58.2 Å². The summed E-state index contributed by atoms with van der Waals surface area (Å²) < 4.78 is 0. The Balaban J connectivity index is 1.99. The van der Waals surface area contributed by atoms with E-state index in [0.717, 1.165) is 17.9 Å². The van der Waals surface area contributed by atoms with Crippen LogP contribution in [-0.4, -0.2) is 36.6 Å². The largest absolute Gasteiger partial charge is 0.312 e. The molecule has 0 bridgehead atoms. The Labute approximate surface area is 133 Å². The lowest BCUT2D eigenvalue weighted by molar-refractivity contribution is 0.0238. The van der Waals surface area contributed by atoms with Gasteiger partial charge in [0.2, 0.25) is 0 Å². The molecular formula is C19H38N2. The van der Waals surface area contributed by atoms with Crippen LogP contribution in [0.15, 0.2) is 0 Å². The summed E-state index contributed by atoms with van der Waals surface area (Å²) >= 11 is 0. The van der Waals surface area contributed by atoms with Crippen LogP contribution < -0.4 is 5.32 Å². The van der Waals surface area contributed by atoms with Crippen LogP contribution in [0.5, 0.6) is 0 Å². The van der Waals surface area contributed by atoms with Gasteiger partial charge < -0.3 is 5.32 Å². The van der Waals surface area contributed by atoms with E-state index < -0.39 is 0 Å². The Kier molecular flexibility index (Phi) is 6.14. The van der Waals surface area contributed by atoms with Crippen molar-refractivity contribution in [3.05, 3.63) is 0 Å². The number of nitrogens with zero attached hydrogens (tertiary/aromatic N) is 1. The van der Waals surface area contributed by atoms with E-state index in [-0.39, 0.29) is 0 Å². The third kappa shape index (κ3) is 4.22. The number of nitrogens with one attached hydrogen (secondary N) is 1. The molecule has 2 unspecified atom stereocenters. The summed E-state index contributed by atoms with van der Waals surface area (Å²) in [4.78, 5) is 2.83. The topological polar surface area (TPSA) is 15.3 Å². The number of likely N-dealkylation sites (tertiary alicyclic amines) is 1. The van der Waals surface area contributed by atoms with Crippen LogP contribution in [0, 0.1) is 17.3 Å². The van der Waals surface area contributed by atoms with Crippen molar-refractivity contribution in [2.75, 3.05) is 19.6 Å². The van der Waals surface area contributed by atoms with Crippen molar-refractivity contribution >= 4 is 0 Å². The highest BCUT2D eigenvalue weighted by atomic mass is 15.2. The maximum absolute atomic E-state index is 3.90. The average molecular weight is 295 g/mol. The van der Waals surface area contributed by atoms with Gasteiger partial charge in [0.1, 0.15) is 0 Å². The van der Waals surface area contributed by atoms with Gasteiger partial charge in [-0.05, 0) is 69.0 Å². The number of hydrogen-bond acceptors (Lipinski definition) is 2. The van der Waals surface area contributed by atoms with E-state index in [0.29, 0.717) is 11.5 Å². The van der Waals surface area contributed by atoms with Crippen molar-refractivity contribution < 1.29 is 0 Å². The zero-order valence-corrected chi connectivity index (χ0v) is 15.1. The maximum Gasteiger partial charge on any atom is 0.0274 e. The van der Waals surface area contributed by atoms with Crippen LogP contribution in [0.3, 0.4) is 0 Å². The molecule has 0 aromatic rings. The third-order valence-corrected chi connectivity index (χ3v) is 6.15. The molecule has 2 nitrogen and oxygen atoms in total. The Morgan fingerprint density at radius 1 is 1.14 bits per heavy atom. The van der Waals surface area contributed by atoms with E-state index in [9.17, 15) is 0 Å². The normalized spacial score (nSPS) is 31.7. The highest BCUT2D eigenvalue weighted by Crippen LogP contribution is 2.39. The van der Waals surface area contributed by atoms with E-state index in [1.54, 1.807) is 0 Å². The Hall–Kier alpha value is -0.0800. The molecule has 1 aliphatic carbocycles. The zero-order valence-electron chi connectivity index (χ0n) is 15.1. The molecule has 0 amide bonds. The highest BCUT2D eigenvalue weighted by molar-refractivity contribution is 4.99. The molecule has 1 heterocycles. The molecule has 0 aromatic heterocycles. The molecule has 2 aliphatic rings. The third-order valence-electron chi connectivity index (χ3n) is 6.15. The lowest BCUT2D eigenvalue weighted by Crippen LogP contribution is -2.60. The molecule has 1 saturated carbocycles. The van der Waals surface area contributed by atoms with Crippen molar-refractivity contribution in [3.63, 3.8) is 0 Å². The fourth-order valence-electron chi connectivity index (χ4n) is 4.63. The van der Waals surface area contributed by atoms with Crippen molar-refractivity contribution in [2.24, 2.45) is 17.3 Å². The quantitative estimate of drug-likeness (QED) is 0.813. The fraction of sp³-hybridized carbons (Fsp3) is 1.00. The lowest BCUT2D eigenvalue weighted by Gasteiger charge is -2.50. The molecular weight excluding hydrogens is 256 g/mol. The SMILES string of the molecule is CCCNC1C(N2CCC(C(C)C)CC2)CCCC1(C)C. The summed E-state index contributed by atoms with van der Waals surface area (Å²) in [6.07, 6.45) is 8.26. The number of hydrogen-bond donors (Lipinski definition) is 1. The second kappa shape index (κ2) is 7.46. The minimum atomic E-state index is 0.451. The van der Waals surface area contributed by atoms with Gasteiger partial charge in [-0.25, -0.2) is 0 Å². The molecule has 21 heavy (non-hydrogen) atoms. The summed E-state index contributed by atoms with van der Waals surface area (Å²) in [6.45, 7) is 15.9. The monoisotopic (exact) mass is 294 g/mol. The first-order chi connectivity index (χ1) is 9.95. The molecule has 2 rings (SSSR count). The summed E-state index contributed by atoms with van der Waals surface area (Å²) in [5.74, 6) is 1.82. The molecule has 2 heteroatoms. The van der Waals surface area contributed by atoms with Gasteiger partial charge in [-0.2, -0.15) is 0 Å². The summed E-state index contributed by atoms with van der Waals surface area (Å²) in [5.41, 5.74) is 0.451. The van der Waals surface area contributed by atoms with Gasteiger partial charge in [0.15, 0.2) is 0 Å². The van der Waals surface area contributed by atoms with Gasteiger partial charge in [0.05, 0.1) is 0 Å². The average Bonchev–Trinajstić information content (AvgIpc) is 2.45. The second-order valence-corrected chi connectivity index (χ2v) is 8.50. The first-order valence-corrected chi connectivity index (χ1v) is 9.43. The van der Waals surface area contributed by atoms with E-state index in [2.05, 4.69) is 44.8 Å². The minimum absolute atomic E-state index is 0.451. The van der Waals surface area contributed by atoms with Crippen LogP contribution in [-0.2, 0) is 0 Å². The minimum Gasteiger partial charge on any atom is -0.312 e. The molecule has 2 fully saturated rings. The summed E-state index contributed by atoms with van der Waals surface area (Å²) in [5, 5.41) is 3.90. The summed E-state index contributed by atoms with van der Waals surface area (Å²) in [7, 11) is 0. The first-order valence-electron chi connectivity index (χ1n) is 9.43. The van der Waals surface area contributed by atoms with Gasteiger partial charge in [-0.1, -0.05) is 41.0 Å². The van der Waals surface area contributed by atoms with Crippen LogP contribution in [0.25, 0.3) is 0 Å². The van der Waals surface area contributed by atoms with Gasteiger partial charge in [-0.15, -0.1) is 0 Å². The molecule has 0 spiro atoms. The Bertz CT molecular complexity index is 303. The fourth-order valence-corrected chi connectivity index (χ4v) is 4.63.